The Bertz CT molecular complexity index is 1530. The number of carbonyl (C=O) groups is 2. The number of aliphatic hydroxyl groups is 1. The summed E-state index contributed by atoms with van der Waals surface area (Å²) in [5.74, 6) is -0.670. The van der Waals surface area contributed by atoms with Gasteiger partial charge in [0.25, 0.3) is 5.78 Å². The number of hydrogen-bond donors (Lipinski definition) is 1. The summed E-state index contributed by atoms with van der Waals surface area (Å²) in [5, 5.41) is 11.8. The summed E-state index contributed by atoms with van der Waals surface area (Å²) < 4.78 is 6.46. The SMILES string of the molecule is CCOc1ccc(/C(O)=C2\C(=O)C(=O)N(c3nc4ccc(CC)cc4s3)C2c2ccc(C(C)C)cc2)cc1. The second kappa shape index (κ2) is 10.4. The zero-order valence-corrected chi connectivity index (χ0v) is 22.7. The predicted octanol–water partition coefficient (Wildman–Crippen LogP) is 7.01. The number of hydrogen-bond acceptors (Lipinski definition) is 6. The minimum absolute atomic E-state index is 0.0463. The molecular weight excluding hydrogens is 496 g/mol. The van der Waals surface area contributed by atoms with Crippen LogP contribution < -0.4 is 9.64 Å². The van der Waals surface area contributed by atoms with E-state index in [1.165, 1.54) is 21.8 Å². The van der Waals surface area contributed by atoms with Crippen LogP contribution >= 0.6 is 11.3 Å². The molecule has 0 bridgehead atoms. The molecule has 1 aliphatic rings. The minimum Gasteiger partial charge on any atom is -0.507 e. The van der Waals surface area contributed by atoms with Crippen molar-refractivity contribution in [2.24, 2.45) is 0 Å². The number of ketones is 1. The van der Waals surface area contributed by atoms with Crippen molar-refractivity contribution in [3.8, 4) is 5.75 Å². The molecule has 0 radical (unpaired) electrons. The normalized spacial score (nSPS) is 17.1. The van der Waals surface area contributed by atoms with Gasteiger partial charge >= 0.3 is 5.91 Å². The molecule has 4 aromatic rings. The first-order chi connectivity index (χ1) is 18.3. The van der Waals surface area contributed by atoms with Crippen LogP contribution in [-0.2, 0) is 16.0 Å². The lowest BCUT2D eigenvalue weighted by molar-refractivity contribution is -0.132. The molecule has 1 unspecified atom stereocenters. The number of aliphatic hydroxyl groups excluding tert-OH is 1. The molecule has 1 saturated heterocycles. The van der Waals surface area contributed by atoms with Gasteiger partial charge in [-0.2, -0.15) is 0 Å². The zero-order chi connectivity index (χ0) is 27.0. The van der Waals surface area contributed by atoms with E-state index in [1.54, 1.807) is 24.3 Å². The van der Waals surface area contributed by atoms with Crippen LogP contribution in [0.15, 0.2) is 72.3 Å². The maximum Gasteiger partial charge on any atom is 0.301 e. The third-order valence-electron chi connectivity index (χ3n) is 6.86. The van der Waals surface area contributed by atoms with Crippen LogP contribution in [0.5, 0.6) is 5.75 Å². The highest BCUT2D eigenvalue weighted by molar-refractivity contribution is 7.22. The number of benzene rings is 3. The van der Waals surface area contributed by atoms with Crippen molar-refractivity contribution in [2.75, 3.05) is 11.5 Å². The van der Waals surface area contributed by atoms with Crippen molar-refractivity contribution in [1.82, 2.24) is 4.98 Å². The molecule has 1 amide bonds. The summed E-state index contributed by atoms with van der Waals surface area (Å²) in [5.41, 5.74) is 4.30. The smallest absolute Gasteiger partial charge is 0.301 e. The number of aromatic nitrogens is 1. The quantitative estimate of drug-likeness (QED) is 0.159. The fourth-order valence-electron chi connectivity index (χ4n) is 4.72. The van der Waals surface area contributed by atoms with Crippen molar-refractivity contribution in [1.29, 1.82) is 0 Å². The molecule has 38 heavy (non-hydrogen) atoms. The molecule has 1 N–H and O–H groups in total. The average molecular weight is 527 g/mol. The van der Waals surface area contributed by atoms with Gasteiger partial charge < -0.3 is 9.84 Å². The highest BCUT2D eigenvalue weighted by Gasteiger charge is 2.48. The highest BCUT2D eigenvalue weighted by Crippen LogP contribution is 2.44. The van der Waals surface area contributed by atoms with Crippen LogP contribution in [0, 0.1) is 0 Å². The Kier molecular flexibility index (Phi) is 7.04. The van der Waals surface area contributed by atoms with Crippen LogP contribution in [0.3, 0.4) is 0 Å². The van der Waals surface area contributed by atoms with Gasteiger partial charge in [0.2, 0.25) is 0 Å². The lowest BCUT2D eigenvalue weighted by atomic mass is 9.93. The molecule has 6 nitrogen and oxygen atoms in total. The van der Waals surface area contributed by atoms with E-state index < -0.39 is 17.7 Å². The minimum atomic E-state index is -0.811. The molecule has 0 saturated carbocycles. The van der Waals surface area contributed by atoms with E-state index in [9.17, 15) is 14.7 Å². The molecule has 3 aromatic carbocycles. The molecule has 1 fully saturated rings. The number of amides is 1. The summed E-state index contributed by atoms with van der Waals surface area (Å²) in [6.07, 6.45) is 0.887. The Morgan fingerprint density at radius 1 is 1.03 bits per heavy atom. The van der Waals surface area contributed by atoms with E-state index in [1.807, 2.05) is 43.3 Å². The maximum atomic E-state index is 13.5. The van der Waals surface area contributed by atoms with Crippen molar-refractivity contribution >= 4 is 44.1 Å². The van der Waals surface area contributed by atoms with Gasteiger partial charge in [-0.1, -0.05) is 62.4 Å². The first-order valence-corrected chi connectivity index (χ1v) is 13.7. The highest BCUT2D eigenvalue weighted by atomic mass is 32.1. The van der Waals surface area contributed by atoms with Crippen molar-refractivity contribution in [2.45, 2.75) is 46.1 Å². The second-order valence-corrected chi connectivity index (χ2v) is 10.6. The van der Waals surface area contributed by atoms with Gasteiger partial charge in [-0.15, -0.1) is 0 Å². The van der Waals surface area contributed by atoms with E-state index >= 15 is 0 Å². The number of rotatable bonds is 7. The van der Waals surface area contributed by atoms with Crippen molar-refractivity contribution < 1.29 is 19.4 Å². The van der Waals surface area contributed by atoms with Gasteiger partial charge in [0.05, 0.1) is 28.4 Å². The van der Waals surface area contributed by atoms with E-state index in [0.717, 1.165) is 27.8 Å². The molecule has 194 valence electrons. The number of nitrogens with zero attached hydrogens (tertiary/aromatic N) is 2. The number of aryl methyl sites for hydroxylation is 1. The summed E-state index contributed by atoms with van der Waals surface area (Å²) in [7, 11) is 0. The molecule has 0 spiro atoms. The summed E-state index contributed by atoms with van der Waals surface area (Å²) in [6.45, 7) is 8.72. The Labute approximate surface area is 226 Å². The fourth-order valence-corrected chi connectivity index (χ4v) is 5.78. The lowest BCUT2D eigenvalue weighted by Crippen LogP contribution is -2.29. The fraction of sp³-hybridized carbons (Fsp3) is 0.258. The Balaban J connectivity index is 1.67. The van der Waals surface area contributed by atoms with E-state index in [-0.39, 0.29) is 11.3 Å². The van der Waals surface area contributed by atoms with Crippen molar-refractivity contribution in [3.63, 3.8) is 0 Å². The summed E-state index contributed by atoms with van der Waals surface area (Å²) in [6, 6.07) is 19.9. The second-order valence-electron chi connectivity index (χ2n) is 9.60. The first kappa shape index (κ1) is 25.7. The number of fused-ring (bicyclic) bond motifs is 1. The Morgan fingerprint density at radius 2 is 1.74 bits per heavy atom. The van der Waals surface area contributed by atoms with Crippen LogP contribution in [-0.4, -0.2) is 28.4 Å². The zero-order valence-electron chi connectivity index (χ0n) is 21.9. The number of ether oxygens (including phenoxy) is 1. The molecule has 1 aliphatic heterocycles. The van der Waals surface area contributed by atoms with Crippen LogP contribution in [0.2, 0.25) is 0 Å². The van der Waals surface area contributed by atoms with Crippen molar-refractivity contribution in [3.05, 3.63) is 94.6 Å². The van der Waals surface area contributed by atoms with Crippen LogP contribution in [0.1, 0.15) is 61.9 Å². The number of thiazole rings is 1. The van der Waals surface area contributed by atoms with Gasteiger partial charge in [-0.05, 0) is 72.4 Å². The van der Waals surface area contributed by atoms with Crippen LogP contribution in [0.25, 0.3) is 16.0 Å². The third-order valence-corrected chi connectivity index (χ3v) is 7.88. The topological polar surface area (TPSA) is 79.7 Å². The van der Waals surface area contributed by atoms with Crippen LogP contribution in [0.4, 0.5) is 5.13 Å². The molecule has 1 aromatic heterocycles. The molecule has 7 heteroatoms. The Hall–Kier alpha value is -3.97. The molecular formula is C31H30N2O4S. The number of Topliss-reactive ketones (excluding diaryl/α,β-unsaturated/α-hetero) is 1. The third kappa shape index (κ3) is 4.58. The van der Waals surface area contributed by atoms with Gasteiger partial charge in [0.15, 0.2) is 5.13 Å². The first-order valence-electron chi connectivity index (χ1n) is 12.9. The molecule has 0 aliphatic carbocycles. The average Bonchev–Trinajstić information content (AvgIpc) is 3.46. The van der Waals surface area contributed by atoms with Gasteiger partial charge in [0.1, 0.15) is 11.5 Å². The molecule has 2 heterocycles. The van der Waals surface area contributed by atoms with E-state index in [0.29, 0.717) is 29.0 Å². The van der Waals surface area contributed by atoms with Gasteiger partial charge in [-0.25, -0.2) is 4.98 Å². The number of anilines is 1. The van der Waals surface area contributed by atoms with E-state index in [2.05, 4.69) is 26.8 Å². The monoisotopic (exact) mass is 526 g/mol. The van der Waals surface area contributed by atoms with Gasteiger partial charge in [-0.3, -0.25) is 14.5 Å². The largest absolute Gasteiger partial charge is 0.507 e. The lowest BCUT2D eigenvalue weighted by Gasteiger charge is -2.23. The number of carbonyl (C=O) groups excluding carboxylic acids is 2. The predicted molar refractivity (Wildman–Crippen MR) is 152 cm³/mol. The standard InChI is InChI=1S/C31H30N2O4S/c1-5-19-7-16-24-25(17-19)38-31(32-24)33-27(21-10-8-20(9-11-21)18(3)4)26(29(35)30(33)36)28(34)22-12-14-23(15-13-22)37-6-2/h7-18,27,34H,5-6H2,1-4H3/b28-26+. The Morgan fingerprint density at radius 3 is 2.37 bits per heavy atom. The molecule has 5 rings (SSSR count). The van der Waals surface area contributed by atoms with Gasteiger partial charge in [0, 0.05) is 5.56 Å². The molecule has 1 atom stereocenters. The summed E-state index contributed by atoms with van der Waals surface area (Å²) in [4.78, 5) is 33.2. The van der Waals surface area contributed by atoms with E-state index in [4.69, 9.17) is 9.72 Å². The summed E-state index contributed by atoms with van der Waals surface area (Å²) >= 11 is 1.37. The maximum absolute atomic E-state index is 13.5.